The van der Waals surface area contributed by atoms with E-state index in [0.29, 0.717) is 24.3 Å². The Morgan fingerprint density at radius 1 is 1.00 bits per heavy atom. The van der Waals surface area contributed by atoms with E-state index in [0.717, 1.165) is 16.0 Å². The van der Waals surface area contributed by atoms with E-state index in [-0.39, 0.29) is 63.6 Å². The Morgan fingerprint density at radius 2 is 1.63 bits per heavy atom. The van der Waals surface area contributed by atoms with Gasteiger partial charge in [0.25, 0.3) is 0 Å². The van der Waals surface area contributed by atoms with Crippen LogP contribution in [0.15, 0.2) is 77.8 Å². The number of ether oxygens (including phenoxy) is 1. The van der Waals surface area contributed by atoms with Crippen LogP contribution in [0.3, 0.4) is 0 Å². The van der Waals surface area contributed by atoms with Gasteiger partial charge in [0.1, 0.15) is 11.9 Å². The number of thiophene rings is 1. The highest BCUT2D eigenvalue weighted by atomic mass is 32.1. The highest BCUT2D eigenvalue weighted by Crippen LogP contribution is 2.31. The average molecular weight is 693 g/mol. The molecule has 13 nitrogen and oxygen atoms in total. The maximum atomic E-state index is 14.4. The van der Waals surface area contributed by atoms with Gasteiger partial charge in [-0.3, -0.25) is 19.7 Å². The van der Waals surface area contributed by atoms with E-state index in [2.05, 4.69) is 15.6 Å². The first-order valence-corrected chi connectivity index (χ1v) is 17.1. The molecule has 0 saturated carbocycles. The van der Waals surface area contributed by atoms with Crippen molar-refractivity contribution >= 4 is 41.0 Å². The number of esters is 1. The van der Waals surface area contributed by atoms with Crippen molar-refractivity contribution in [2.45, 2.75) is 44.3 Å². The predicted molar refractivity (Wildman–Crippen MR) is 186 cm³/mol. The van der Waals surface area contributed by atoms with Crippen molar-refractivity contribution in [3.05, 3.63) is 93.7 Å². The fourth-order valence-electron chi connectivity index (χ4n) is 5.81. The smallest absolute Gasteiger partial charge is 0.345 e. The number of nitrogens with zero attached hydrogens (tertiary/aromatic N) is 3. The third-order valence-corrected chi connectivity index (χ3v) is 9.21. The van der Waals surface area contributed by atoms with Crippen LogP contribution >= 0.6 is 11.3 Å². The van der Waals surface area contributed by atoms with Crippen molar-refractivity contribution in [2.24, 2.45) is 10.7 Å². The van der Waals surface area contributed by atoms with Crippen molar-refractivity contribution < 1.29 is 34.1 Å². The maximum Gasteiger partial charge on any atom is 0.345 e. The minimum Gasteiger partial charge on any atom is -0.465 e. The van der Waals surface area contributed by atoms with Gasteiger partial charge < -0.3 is 35.8 Å². The van der Waals surface area contributed by atoms with Crippen LogP contribution in [0, 0.1) is 0 Å². The second-order valence-electron chi connectivity index (χ2n) is 11.3. The molecule has 6 N–H and O–H groups in total. The van der Waals surface area contributed by atoms with Gasteiger partial charge in [0, 0.05) is 30.4 Å². The lowest BCUT2D eigenvalue weighted by Gasteiger charge is -2.33. The van der Waals surface area contributed by atoms with Crippen molar-refractivity contribution in [1.29, 1.82) is 0 Å². The Balaban J connectivity index is 1.49. The highest BCUT2D eigenvalue weighted by molar-refractivity contribution is 7.14. The number of hydrogen-bond donors (Lipinski definition) is 5. The van der Waals surface area contributed by atoms with E-state index in [4.69, 9.17) is 10.5 Å². The van der Waals surface area contributed by atoms with Gasteiger partial charge in [-0.15, -0.1) is 11.3 Å². The predicted octanol–water partition coefficient (Wildman–Crippen LogP) is 1.82. The molecule has 14 heteroatoms. The van der Waals surface area contributed by atoms with Gasteiger partial charge in [-0.2, -0.15) is 4.99 Å². The van der Waals surface area contributed by atoms with E-state index < -0.39 is 30.0 Å². The van der Waals surface area contributed by atoms with Gasteiger partial charge in [0.05, 0.1) is 43.8 Å². The molecule has 1 aliphatic rings. The normalized spacial score (nSPS) is 15.2. The van der Waals surface area contributed by atoms with Crippen molar-refractivity contribution in [1.82, 2.24) is 20.4 Å². The minimum atomic E-state index is -0.863. The molecule has 2 atom stereocenters. The summed E-state index contributed by atoms with van der Waals surface area (Å²) >= 11 is 1.26. The summed E-state index contributed by atoms with van der Waals surface area (Å²) in [7, 11) is 0. The first-order valence-electron chi connectivity index (χ1n) is 16.3. The summed E-state index contributed by atoms with van der Waals surface area (Å²) < 4.78 is 5.15. The number of nitrogens with one attached hydrogen (secondary N) is 2. The second kappa shape index (κ2) is 18.8. The van der Waals surface area contributed by atoms with Gasteiger partial charge in [0.15, 0.2) is 0 Å². The molecule has 4 rings (SSSR count). The topological polar surface area (TPSA) is 187 Å². The number of carbonyl (C=O) groups is 4. The van der Waals surface area contributed by atoms with Gasteiger partial charge in [-0.05, 0) is 43.0 Å². The number of likely N-dealkylation sites (tertiary alicyclic amines) is 1. The van der Waals surface area contributed by atoms with Crippen molar-refractivity contribution in [3.8, 4) is 0 Å². The number of urea groups is 1. The lowest BCUT2D eigenvalue weighted by molar-refractivity contribution is -0.143. The third-order valence-electron chi connectivity index (χ3n) is 8.10. The van der Waals surface area contributed by atoms with Crippen molar-refractivity contribution in [3.63, 3.8) is 0 Å². The van der Waals surface area contributed by atoms with Crippen LogP contribution in [-0.2, 0) is 25.7 Å². The van der Waals surface area contributed by atoms with Gasteiger partial charge in [-0.1, -0.05) is 60.7 Å². The zero-order valence-electron chi connectivity index (χ0n) is 27.5. The van der Waals surface area contributed by atoms with E-state index >= 15 is 0 Å². The largest absolute Gasteiger partial charge is 0.465 e. The molecule has 0 aliphatic carbocycles. The van der Waals surface area contributed by atoms with Crippen LogP contribution in [0.4, 0.5) is 4.79 Å². The lowest BCUT2D eigenvalue weighted by Crippen LogP contribution is -2.55. The molecular formula is C35H44N6O7S. The van der Waals surface area contributed by atoms with E-state index in [1.165, 1.54) is 16.2 Å². The Bertz CT molecular complexity index is 1520. The zero-order chi connectivity index (χ0) is 35.2. The Morgan fingerprint density at radius 3 is 2.22 bits per heavy atom. The average Bonchev–Trinajstić information content (AvgIpc) is 3.80. The summed E-state index contributed by atoms with van der Waals surface area (Å²) in [5.41, 5.74) is 7.84. The standard InChI is InChI=1S/C35H44N6O7S/c1-2-48-29(44)23-37-31(30(24-10-5-3-6-11-24)25-12-7-4-8-13-25)34(46)41-17-9-14-27(41)33(45)38-22-26-15-16-28(49-26)32(36)39-35(47)40(18-20-42)19-21-43/h3-8,10-13,15-16,27,30-31,37,42-43H,2,9,14,17-23H2,1H3,(H,38,45)(H2,36,39,47)/t27-,31+/m0/s1. The third kappa shape index (κ3) is 10.2. The molecule has 1 aliphatic heterocycles. The number of rotatable bonds is 16. The van der Waals surface area contributed by atoms with Crippen LogP contribution in [-0.4, -0.2) is 108 Å². The lowest BCUT2D eigenvalue weighted by atomic mass is 9.84. The number of hydrogen-bond acceptors (Lipinski definition) is 9. The molecule has 2 aromatic carbocycles. The van der Waals surface area contributed by atoms with Gasteiger partial charge >= 0.3 is 12.0 Å². The van der Waals surface area contributed by atoms with Crippen LogP contribution in [0.2, 0.25) is 0 Å². The number of amides is 4. The molecule has 0 bridgehead atoms. The molecule has 2 heterocycles. The molecule has 1 fully saturated rings. The number of carbonyl (C=O) groups excluding carboxylic acids is 4. The molecule has 1 saturated heterocycles. The van der Waals surface area contributed by atoms with Gasteiger partial charge in [0.2, 0.25) is 11.8 Å². The van der Waals surface area contributed by atoms with E-state index in [1.54, 1.807) is 24.0 Å². The Labute approximate surface area is 289 Å². The Kier molecular flexibility index (Phi) is 14.3. The van der Waals surface area contributed by atoms with E-state index in [9.17, 15) is 29.4 Å². The fraction of sp³-hybridized carbons (Fsp3) is 0.400. The number of aliphatic imine (C=N–C) groups is 1. The fourth-order valence-corrected chi connectivity index (χ4v) is 6.66. The molecule has 49 heavy (non-hydrogen) atoms. The van der Waals surface area contributed by atoms with Crippen LogP contribution in [0.5, 0.6) is 0 Å². The second-order valence-corrected chi connectivity index (χ2v) is 12.5. The van der Waals surface area contributed by atoms with Crippen molar-refractivity contribution in [2.75, 3.05) is 46.0 Å². The molecular weight excluding hydrogens is 648 g/mol. The van der Waals surface area contributed by atoms with Gasteiger partial charge in [-0.25, -0.2) is 4.79 Å². The molecule has 0 unspecified atom stereocenters. The number of aliphatic hydroxyl groups excluding tert-OH is 2. The summed E-state index contributed by atoms with van der Waals surface area (Å²) in [5, 5.41) is 24.5. The number of nitrogens with two attached hydrogens (primary N) is 1. The number of amidine groups is 1. The molecule has 262 valence electrons. The first kappa shape index (κ1) is 37.2. The van der Waals surface area contributed by atoms with Crippen LogP contribution in [0.25, 0.3) is 0 Å². The maximum absolute atomic E-state index is 14.4. The number of benzene rings is 2. The molecule has 4 amide bonds. The van der Waals surface area contributed by atoms with Crippen LogP contribution < -0.4 is 16.4 Å². The molecule has 0 radical (unpaired) electrons. The highest BCUT2D eigenvalue weighted by Gasteiger charge is 2.40. The Hall–Kier alpha value is -4.63. The summed E-state index contributed by atoms with van der Waals surface area (Å²) in [4.78, 5) is 60.8. The quantitative estimate of drug-likeness (QED) is 0.0848. The molecule has 1 aromatic heterocycles. The summed E-state index contributed by atoms with van der Waals surface area (Å²) in [5.74, 6) is -1.54. The summed E-state index contributed by atoms with van der Waals surface area (Å²) in [6, 6.07) is 20.4. The van der Waals surface area contributed by atoms with E-state index in [1.807, 2.05) is 60.7 Å². The molecule has 0 spiro atoms. The zero-order valence-corrected chi connectivity index (χ0v) is 28.3. The summed E-state index contributed by atoms with van der Waals surface area (Å²) in [6.07, 6.45) is 1.13. The number of aliphatic hydroxyl groups is 2. The first-order chi connectivity index (χ1) is 23.8. The minimum absolute atomic E-state index is 0.0138. The van der Waals surface area contributed by atoms with Crippen LogP contribution in [0.1, 0.15) is 46.6 Å². The monoisotopic (exact) mass is 692 g/mol. The SMILES string of the molecule is CCOC(=O)CN[C@@H](C(=O)N1CCC[C@H]1C(=O)NCc1ccc(/C(N)=N/C(=O)N(CCO)CCO)s1)C(c1ccccc1)c1ccccc1. The summed E-state index contributed by atoms with van der Waals surface area (Å²) in [6.45, 7) is 1.79. The molecule has 3 aromatic rings.